The van der Waals surface area contributed by atoms with Gasteiger partial charge < -0.3 is 9.84 Å². The summed E-state index contributed by atoms with van der Waals surface area (Å²) in [7, 11) is 1.63. The Morgan fingerprint density at radius 1 is 1.03 bits per heavy atom. The van der Waals surface area contributed by atoms with Crippen LogP contribution >= 0.6 is 0 Å². The summed E-state index contributed by atoms with van der Waals surface area (Å²) in [6.45, 7) is 0.547. The third-order valence-electron chi connectivity index (χ3n) is 8.14. The zero-order chi connectivity index (χ0) is 27.7. The Hall–Kier alpha value is -2.84. The summed E-state index contributed by atoms with van der Waals surface area (Å²) in [6.07, 6.45) is -1.82. The van der Waals surface area contributed by atoms with Gasteiger partial charge in [-0.15, -0.1) is 0 Å². The second-order valence-corrected chi connectivity index (χ2v) is 10.7. The zero-order valence-corrected chi connectivity index (χ0v) is 21.8. The molecule has 0 bridgehead atoms. The summed E-state index contributed by atoms with van der Waals surface area (Å²) in [5, 5.41) is 11.4. The molecule has 8 heteroatoms. The summed E-state index contributed by atoms with van der Waals surface area (Å²) < 4.78 is 75.5. The summed E-state index contributed by atoms with van der Waals surface area (Å²) in [6, 6.07) is 9.82. The molecule has 2 aromatic carbocycles. The molecule has 0 radical (unpaired) electrons. The highest BCUT2D eigenvalue weighted by Gasteiger charge is 2.37. The molecule has 3 aromatic rings. The molecule has 1 aromatic heterocycles. The minimum absolute atomic E-state index is 0.00584. The number of aliphatic hydroxyl groups is 1. The van der Waals surface area contributed by atoms with Gasteiger partial charge in [0.2, 0.25) is 0 Å². The van der Waals surface area contributed by atoms with E-state index in [1.807, 2.05) is 0 Å². The molecule has 1 fully saturated rings. The molecular formula is C31H32F5NO2. The Kier molecular flexibility index (Phi) is 8.06. The molecular weight excluding hydrogens is 513 g/mol. The first-order chi connectivity index (χ1) is 18.7. The number of pyridine rings is 1. The zero-order valence-electron chi connectivity index (χ0n) is 21.8. The van der Waals surface area contributed by atoms with Gasteiger partial charge >= 0.3 is 6.18 Å². The minimum atomic E-state index is -4.53. The van der Waals surface area contributed by atoms with Crippen molar-refractivity contribution in [2.45, 2.75) is 69.3 Å². The largest absolute Gasteiger partial charge is 0.416 e. The van der Waals surface area contributed by atoms with Crippen molar-refractivity contribution in [1.82, 2.24) is 4.98 Å². The van der Waals surface area contributed by atoms with Crippen LogP contribution in [0.4, 0.5) is 22.0 Å². The molecule has 0 amide bonds. The Morgan fingerprint density at radius 2 is 1.69 bits per heavy atom. The van der Waals surface area contributed by atoms with Crippen LogP contribution < -0.4 is 0 Å². The Balaban J connectivity index is 1.72. The number of halogens is 5. The standard InChI is InChI=1S/C31H32F5NO2/c1-39-15-14-18-16-24-27(25(38)17-18)26(19-8-12-23(32)13-9-19)28(30(37-24)21-4-2-3-5-21)29(33)20-6-10-22(11-7-20)31(34,35)36/h6-13,18,21,25,29,38H,2-5,14-17H2,1H3. The van der Waals surface area contributed by atoms with E-state index in [-0.39, 0.29) is 23.0 Å². The third kappa shape index (κ3) is 5.73. The molecule has 1 saturated carbocycles. The SMILES string of the molecule is COCCC1Cc2nc(C3CCCC3)c(C(F)c3ccc(C(F)(F)F)cc3)c(-c3ccc(F)cc3)c2C(O)C1. The van der Waals surface area contributed by atoms with Gasteiger partial charge in [-0.2, -0.15) is 13.2 Å². The molecule has 3 nitrogen and oxygen atoms in total. The van der Waals surface area contributed by atoms with Crippen LogP contribution in [0, 0.1) is 11.7 Å². The van der Waals surface area contributed by atoms with Crippen LogP contribution in [0.1, 0.15) is 90.4 Å². The predicted octanol–water partition coefficient (Wildman–Crippen LogP) is 8.26. The number of benzene rings is 2. The molecule has 1 heterocycles. The first-order valence-electron chi connectivity index (χ1n) is 13.5. The number of aromatic nitrogens is 1. The van der Waals surface area contributed by atoms with Crippen molar-refractivity contribution in [2.75, 3.05) is 13.7 Å². The van der Waals surface area contributed by atoms with E-state index < -0.39 is 29.8 Å². The fraction of sp³-hybridized carbons (Fsp3) is 0.452. The summed E-state index contributed by atoms with van der Waals surface area (Å²) in [5.74, 6) is -0.313. The van der Waals surface area contributed by atoms with Gasteiger partial charge in [-0.3, -0.25) is 4.98 Å². The van der Waals surface area contributed by atoms with Gasteiger partial charge in [0, 0.05) is 36.5 Å². The van der Waals surface area contributed by atoms with Crippen molar-refractivity contribution >= 4 is 0 Å². The van der Waals surface area contributed by atoms with Crippen LogP contribution in [0.5, 0.6) is 0 Å². The maximum Gasteiger partial charge on any atom is 0.416 e. The lowest BCUT2D eigenvalue weighted by Gasteiger charge is -2.33. The molecule has 3 unspecified atom stereocenters. The van der Waals surface area contributed by atoms with E-state index in [9.17, 15) is 22.7 Å². The second-order valence-electron chi connectivity index (χ2n) is 10.7. The van der Waals surface area contributed by atoms with Crippen LogP contribution in [0.3, 0.4) is 0 Å². The molecule has 0 spiro atoms. The van der Waals surface area contributed by atoms with Gasteiger partial charge in [0.05, 0.1) is 17.4 Å². The molecule has 208 valence electrons. The molecule has 2 aliphatic carbocycles. The number of methoxy groups -OCH3 is 1. The van der Waals surface area contributed by atoms with Gasteiger partial charge in [-0.25, -0.2) is 8.78 Å². The number of ether oxygens (including phenoxy) is 1. The fourth-order valence-corrected chi connectivity index (χ4v) is 6.19. The monoisotopic (exact) mass is 545 g/mol. The van der Waals surface area contributed by atoms with Crippen LogP contribution in [-0.2, 0) is 17.3 Å². The number of fused-ring (bicyclic) bond motifs is 1. The maximum absolute atomic E-state index is 16.7. The number of alkyl halides is 4. The van der Waals surface area contributed by atoms with Crippen LogP contribution in [0.15, 0.2) is 48.5 Å². The quantitative estimate of drug-likeness (QED) is 0.304. The first kappa shape index (κ1) is 27.7. The molecule has 0 saturated heterocycles. The van der Waals surface area contributed by atoms with Gasteiger partial charge in [0.1, 0.15) is 5.82 Å². The highest BCUT2D eigenvalue weighted by Crippen LogP contribution is 2.49. The minimum Gasteiger partial charge on any atom is -0.388 e. The van der Waals surface area contributed by atoms with Crippen LogP contribution in [0.2, 0.25) is 0 Å². The lowest BCUT2D eigenvalue weighted by molar-refractivity contribution is -0.137. The number of rotatable bonds is 7. The fourth-order valence-electron chi connectivity index (χ4n) is 6.19. The number of nitrogens with zero attached hydrogens (tertiary/aromatic N) is 1. The van der Waals surface area contributed by atoms with Crippen molar-refractivity contribution in [2.24, 2.45) is 5.92 Å². The van der Waals surface area contributed by atoms with Crippen LogP contribution in [-0.4, -0.2) is 23.8 Å². The molecule has 1 N–H and O–H groups in total. The molecule has 3 atom stereocenters. The topological polar surface area (TPSA) is 42.4 Å². The van der Waals surface area contributed by atoms with Crippen molar-refractivity contribution in [1.29, 1.82) is 0 Å². The van der Waals surface area contributed by atoms with E-state index in [1.54, 1.807) is 19.2 Å². The number of hydrogen-bond donors (Lipinski definition) is 1. The second kappa shape index (κ2) is 11.3. The lowest BCUT2D eigenvalue weighted by Crippen LogP contribution is -2.25. The predicted molar refractivity (Wildman–Crippen MR) is 138 cm³/mol. The molecule has 39 heavy (non-hydrogen) atoms. The van der Waals surface area contributed by atoms with Crippen LogP contribution in [0.25, 0.3) is 11.1 Å². The number of hydrogen-bond acceptors (Lipinski definition) is 3. The maximum atomic E-state index is 16.7. The van der Waals surface area contributed by atoms with E-state index in [4.69, 9.17) is 9.72 Å². The highest BCUT2D eigenvalue weighted by atomic mass is 19.4. The van der Waals surface area contributed by atoms with Gasteiger partial charge in [-0.1, -0.05) is 37.1 Å². The average Bonchev–Trinajstić information content (AvgIpc) is 3.46. The van der Waals surface area contributed by atoms with Crippen molar-refractivity contribution in [3.05, 3.63) is 88.0 Å². The number of aliphatic hydroxyl groups excluding tert-OH is 1. The van der Waals surface area contributed by atoms with Crippen molar-refractivity contribution < 1.29 is 31.8 Å². The Morgan fingerprint density at radius 3 is 2.31 bits per heavy atom. The third-order valence-corrected chi connectivity index (χ3v) is 8.14. The van der Waals surface area contributed by atoms with E-state index in [0.29, 0.717) is 47.5 Å². The van der Waals surface area contributed by atoms with Gasteiger partial charge in [0.15, 0.2) is 6.17 Å². The molecule has 5 rings (SSSR count). The molecule has 0 aliphatic heterocycles. The normalized spacial score (nSPS) is 20.7. The average molecular weight is 546 g/mol. The van der Waals surface area contributed by atoms with E-state index >= 15 is 4.39 Å². The lowest BCUT2D eigenvalue weighted by atomic mass is 9.76. The summed E-state index contributed by atoms with van der Waals surface area (Å²) in [4.78, 5) is 5.02. The van der Waals surface area contributed by atoms with Crippen molar-refractivity contribution in [3.63, 3.8) is 0 Å². The summed E-state index contributed by atoms with van der Waals surface area (Å²) in [5.41, 5.74) is 2.35. The first-order valence-corrected chi connectivity index (χ1v) is 13.5. The van der Waals surface area contributed by atoms with Gasteiger partial charge in [-0.05, 0) is 79.0 Å². The van der Waals surface area contributed by atoms with E-state index in [2.05, 4.69) is 0 Å². The Bertz CT molecular complexity index is 1280. The van der Waals surface area contributed by atoms with Crippen molar-refractivity contribution in [3.8, 4) is 11.1 Å². The summed E-state index contributed by atoms with van der Waals surface area (Å²) >= 11 is 0. The molecule has 2 aliphatic rings. The highest BCUT2D eigenvalue weighted by molar-refractivity contribution is 5.75. The van der Waals surface area contributed by atoms with Gasteiger partial charge in [0.25, 0.3) is 0 Å². The van der Waals surface area contributed by atoms with E-state index in [1.165, 1.54) is 12.1 Å². The Labute approximate surface area is 225 Å². The smallest absolute Gasteiger partial charge is 0.388 e. The van der Waals surface area contributed by atoms with E-state index in [0.717, 1.165) is 56.4 Å².